The lowest BCUT2D eigenvalue weighted by atomic mass is 9.94. The van der Waals surface area contributed by atoms with E-state index in [4.69, 9.17) is 4.52 Å². The van der Waals surface area contributed by atoms with Gasteiger partial charge in [0.2, 0.25) is 0 Å². The predicted octanol–water partition coefficient (Wildman–Crippen LogP) is 1.88. The van der Waals surface area contributed by atoms with E-state index in [1.54, 1.807) is 13.8 Å². The maximum absolute atomic E-state index is 12.2. The van der Waals surface area contributed by atoms with Crippen LogP contribution in [0, 0.1) is 31.6 Å². The molecule has 1 aliphatic heterocycles. The Labute approximate surface area is 145 Å². The zero-order chi connectivity index (χ0) is 14.3. The molecule has 0 radical (unpaired) electrons. The van der Waals surface area contributed by atoms with Crippen LogP contribution in [0.15, 0.2) is 4.52 Å². The SMILES string of the molecule is Cc1noc(C)c1C(=O)NC[C@H]1NC[C@@H]2CC(C)C[C@@H]21.S.S. The molecule has 0 bridgehead atoms. The number of hydrogen-bond acceptors (Lipinski definition) is 4. The van der Waals surface area contributed by atoms with Gasteiger partial charge in [-0.1, -0.05) is 12.1 Å². The maximum Gasteiger partial charge on any atom is 0.256 e. The summed E-state index contributed by atoms with van der Waals surface area (Å²) in [7, 11) is 0. The summed E-state index contributed by atoms with van der Waals surface area (Å²) in [6.07, 6.45) is 2.61. The topological polar surface area (TPSA) is 67.2 Å². The van der Waals surface area contributed by atoms with E-state index in [0.29, 0.717) is 29.6 Å². The number of fused-ring (bicyclic) bond motifs is 1. The van der Waals surface area contributed by atoms with Crippen LogP contribution in [-0.2, 0) is 0 Å². The molecule has 22 heavy (non-hydrogen) atoms. The molecule has 4 atom stereocenters. The van der Waals surface area contributed by atoms with E-state index < -0.39 is 0 Å². The van der Waals surface area contributed by atoms with Gasteiger partial charge in [-0.05, 0) is 51.0 Å². The first-order chi connectivity index (χ1) is 9.56. The summed E-state index contributed by atoms with van der Waals surface area (Å²) in [5.41, 5.74) is 1.24. The Morgan fingerprint density at radius 3 is 2.73 bits per heavy atom. The van der Waals surface area contributed by atoms with Crippen LogP contribution in [0.5, 0.6) is 0 Å². The molecule has 7 heteroatoms. The van der Waals surface area contributed by atoms with Crippen LogP contribution in [0.1, 0.15) is 41.6 Å². The number of rotatable bonds is 3. The number of carbonyl (C=O) groups is 1. The van der Waals surface area contributed by atoms with Gasteiger partial charge in [-0.2, -0.15) is 27.0 Å². The highest BCUT2D eigenvalue weighted by atomic mass is 32.1. The van der Waals surface area contributed by atoms with Gasteiger partial charge in [0.05, 0.1) is 5.69 Å². The summed E-state index contributed by atoms with van der Waals surface area (Å²) in [5.74, 6) is 2.86. The standard InChI is InChI=1S/C15H23N3O2.2H2S/c1-8-4-11-6-16-13(12(11)5-8)7-17-15(19)14-9(2)18-20-10(14)3;;/h8,11-13,16H,4-7H2,1-3H3,(H,17,19);2*1H2/t8?,11-,12-,13+;;/m0../s1. The van der Waals surface area contributed by atoms with Gasteiger partial charge in [0, 0.05) is 12.6 Å². The third-order valence-corrected chi connectivity index (χ3v) is 4.89. The molecule has 3 rings (SSSR count). The van der Waals surface area contributed by atoms with Gasteiger partial charge >= 0.3 is 0 Å². The van der Waals surface area contributed by atoms with Crippen LogP contribution in [-0.4, -0.2) is 30.2 Å². The third-order valence-electron chi connectivity index (χ3n) is 4.89. The van der Waals surface area contributed by atoms with Gasteiger partial charge in [0.15, 0.2) is 0 Å². The first-order valence-corrected chi connectivity index (χ1v) is 7.50. The minimum absolute atomic E-state index is 0. The van der Waals surface area contributed by atoms with E-state index in [1.807, 2.05) is 0 Å². The van der Waals surface area contributed by atoms with E-state index in [-0.39, 0.29) is 32.9 Å². The van der Waals surface area contributed by atoms with Crippen molar-refractivity contribution in [2.75, 3.05) is 13.1 Å². The van der Waals surface area contributed by atoms with Gasteiger partial charge < -0.3 is 15.2 Å². The Morgan fingerprint density at radius 1 is 1.36 bits per heavy atom. The number of aryl methyl sites for hydroxylation is 2. The first-order valence-electron chi connectivity index (χ1n) is 7.50. The Bertz CT molecular complexity index is 501. The monoisotopic (exact) mass is 345 g/mol. The van der Waals surface area contributed by atoms with Crippen LogP contribution in [0.25, 0.3) is 0 Å². The van der Waals surface area contributed by atoms with E-state index in [0.717, 1.165) is 24.3 Å². The third kappa shape index (κ3) is 3.63. The first kappa shape index (κ1) is 19.4. The van der Waals surface area contributed by atoms with Crippen molar-refractivity contribution in [3.63, 3.8) is 0 Å². The molecule has 0 spiro atoms. The summed E-state index contributed by atoms with van der Waals surface area (Å²) in [6, 6.07) is 0.411. The molecule has 5 nitrogen and oxygen atoms in total. The number of nitrogens with zero attached hydrogens (tertiary/aromatic N) is 1. The molecule has 1 saturated carbocycles. The maximum atomic E-state index is 12.2. The zero-order valence-corrected chi connectivity index (χ0v) is 15.4. The number of aromatic nitrogens is 1. The van der Waals surface area contributed by atoms with Crippen LogP contribution >= 0.6 is 27.0 Å². The van der Waals surface area contributed by atoms with E-state index >= 15 is 0 Å². The molecule has 2 heterocycles. The van der Waals surface area contributed by atoms with Crippen molar-refractivity contribution in [1.82, 2.24) is 15.8 Å². The predicted molar refractivity (Wildman–Crippen MR) is 96.2 cm³/mol. The number of carbonyl (C=O) groups excluding carboxylic acids is 1. The second kappa shape index (κ2) is 7.75. The van der Waals surface area contributed by atoms with Crippen molar-refractivity contribution >= 4 is 32.9 Å². The minimum Gasteiger partial charge on any atom is -0.361 e. The number of hydrogen-bond donors (Lipinski definition) is 2. The fraction of sp³-hybridized carbons (Fsp3) is 0.733. The molecule has 1 amide bonds. The van der Waals surface area contributed by atoms with Crippen molar-refractivity contribution in [2.45, 2.75) is 39.7 Å². The molecule has 1 aromatic rings. The Hall–Kier alpha value is -0.660. The zero-order valence-electron chi connectivity index (χ0n) is 13.4. The fourth-order valence-electron chi connectivity index (χ4n) is 3.95. The minimum atomic E-state index is -0.0717. The lowest BCUT2D eigenvalue weighted by molar-refractivity contribution is 0.0945. The molecule has 1 aliphatic carbocycles. The molecular formula is C15H27N3O2S2. The molecule has 0 aromatic carbocycles. The molecule has 1 aromatic heterocycles. The number of amides is 1. The Balaban J connectivity index is 0.00000121. The average Bonchev–Trinajstić information content (AvgIpc) is 3.02. The van der Waals surface area contributed by atoms with Gasteiger partial charge in [-0.15, -0.1) is 0 Å². The number of nitrogens with one attached hydrogen (secondary N) is 2. The smallest absolute Gasteiger partial charge is 0.256 e. The quantitative estimate of drug-likeness (QED) is 0.878. The fourth-order valence-corrected chi connectivity index (χ4v) is 3.95. The molecular weight excluding hydrogens is 318 g/mol. The van der Waals surface area contributed by atoms with E-state index in [2.05, 4.69) is 22.7 Å². The van der Waals surface area contributed by atoms with Gasteiger partial charge in [0.25, 0.3) is 5.91 Å². The van der Waals surface area contributed by atoms with Crippen molar-refractivity contribution in [3.05, 3.63) is 17.0 Å². The molecule has 2 fully saturated rings. The normalized spacial score (nSPS) is 29.4. The van der Waals surface area contributed by atoms with Crippen LogP contribution in [0.4, 0.5) is 0 Å². The van der Waals surface area contributed by atoms with Crippen molar-refractivity contribution < 1.29 is 9.32 Å². The highest BCUT2D eigenvalue weighted by Gasteiger charge is 2.41. The average molecular weight is 346 g/mol. The Kier molecular flexibility index (Phi) is 6.83. The molecule has 1 saturated heterocycles. The lowest BCUT2D eigenvalue weighted by Crippen LogP contribution is -2.40. The van der Waals surface area contributed by atoms with Gasteiger partial charge in [-0.25, -0.2) is 0 Å². The summed E-state index contributed by atoms with van der Waals surface area (Å²) >= 11 is 0. The van der Waals surface area contributed by atoms with E-state index in [1.165, 1.54) is 12.8 Å². The van der Waals surface area contributed by atoms with Crippen LogP contribution in [0.3, 0.4) is 0 Å². The molecule has 2 aliphatic rings. The highest BCUT2D eigenvalue weighted by molar-refractivity contribution is 7.59. The van der Waals surface area contributed by atoms with Crippen LogP contribution < -0.4 is 10.6 Å². The van der Waals surface area contributed by atoms with Crippen molar-refractivity contribution in [2.24, 2.45) is 17.8 Å². The summed E-state index contributed by atoms with van der Waals surface area (Å²) in [5, 5.41) is 10.4. The van der Waals surface area contributed by atoms with Crippen molar-refractivity contribution in [1.29, 1.82) is 0 Å². The van der Waals surface area contributed by atoms with Crippen LogP contribution in [0.2, 0.25) is 0 Å². The molecule has 126 valence electrons. The largest absolute Gasteiger partial charge is 0.361 e. The lowest BCUT2D eigenvalue weighted by Gasteiger charge is -2.19. The summed E-state index contributed by atoms with van der Waals surface area (Å²) in [6.45, 7) is 7.70. The molecule has 2 N–H and O–H groups in total. The second-order valence-corrected chi connectivity index (χ2v) is 6.42. The van der Waals surface area contributed by atoms with Gasteiger partial charge in [-0.3, -0.25) is 4.79 Å². The summed E-state index contributed by atoms with van der Waals surface area (Å²) < 4.78 is 5.05. The van der Waals surface area contributed by atoms with E-state index in [9.17, 15) is 4.79 Å². The Morgan fingerprint density at radius 2 is 2.09 bits per heavy atom. The van der Waals surface area contributed by atoms with Crippen molar-refractivity contribution in [3.8, 4) is 0 Å². The highest BCUT2D eigenvalue weighted by Crippen LogP contribution is 2.40. The van der Waals surface area contributed by atoms with Gasteiger partial charge in [0.1, 0.15) is 11.3 Å². The second-order valence-electron chi connectivity index (χ2n) is 6.42. The molecule has 1 unspecified atom stereocenters. The summed E-state index contributed by atoms with van der Waals surface area (Å²) in [4.78, 5) is 12.2.